The van der Waals surface area contributed by atoms with Gasteiger partial charge in [0, 0.05) is 7.26 Å². The Morgan fingerprint density at radius 2 is 0.773 bits per heavy atom. The summed E-state index contributed by atoms with van der Waals surface area (Å²) in [6.45, 7) is 9.52. The largest absolute Gasteiger partial charge is 0.0654 e. The number of rotatable bonds is 17. The first-order valence-electron chi connectivity index (χ1n) is 10.6. The Bertz CT molecular complexity index is 214. The van der Waals surface area contributed by atoms with Crippen molar-refractivity contribution in [1.82, 2.24) is 0 Å². The third kappa shape index (κ3) is 11.9. The third-order valence-electron chi connectivity index (χ3n) is 5.38. The van der Waals surface area contributed by atoms with Gasteiger partial charge in [0.1, 0.15) is 0 Å². The summed E-state index contributed by atoms with van der Waals surface area (Å²) in [4.78, 5) is 0. The monoisotopic (exact) mass is 329 g/mol. The molecule has 0 aromatic heterocycles. The van der Waals surface area contributed by atoms with E-state index in [9.17, 15) is 0 Å². The lowest BCUT2D eigenvalue weighted by Gasteiger charge is -2.27. The average Bonchev–Trinajstić information content (AvgIpc) is 2.55. The lowest BCUT2D eigenvalue weighted by Crippen LogP contribution is -2.11. The molecule has 0 aliphatic heterocycles. The molecule has 0 fully saturated rings. The summed E-state index contributed by atoms with van der Waals surface area (Å²) in [7, 11) is -0.598. The van der Waals surface area contributed by atoms with E-state index in [0.29, 0.717) is 0 Å². The molecular weight excluding hydrogens is 283 g/mol. The highest BCUT2D eigenvalue weighted by molar-refractivity contribution is 7.75. The van der Waals surface area contributed by atoms with E-state index < -0.39 is 7.26 Å². The predicted octanol–water partition coefficient (Wildman–Crippen LogP) is 8.15. The van der Waals surface area contributed by atoms with E-state index in [1.807, 2.05) is 0 Å². The minimum Gasteiger partial charge on any atom is -0.0654 e. The molecule has 0 aromatic rings. The van der Waals surface area contributed by atoms with E-state index in [-0.39, 0.29) is 0 Å². The Balaban J connectivity index is 4.08. The van der Waals surface area contributed by atoms with Gasteiger partial charge in [-0.05, 0) is 39.0 Å². The van der Waals surface area contributed by atoms with Crippen LogP contribution < -0.4 is 0 Å². The van der Waals surface area contributed by atoms with Gasteiger partial charge < -0.3 is 0 Å². The average molecular weight is 330 g/mol. The van der Waals surface area contributed by atoms with Crippen molar-refractivity contribution >= 4 is 7.26 Å². The summed E-state index contributed by atoms with van der Waals surface area (Å²) in [5.74, 6) is 0. The van der Waals surface area contributed by atoms with Crippen LogP contribution in [0.4, 0.5) is 0 Å². The van der Waals surface area contributed by atoms with Crippen molar-refractivity contribution < 1.29 is 0 Å². The molecule has 0 bridgehead atoms. The number of hydrogen-bond donors (Lipinski definition) is 0. The summed E-state index contributed by atoms with van der Waals surface area (Å²) < 4.78 is 0. The van der Waals surface area contributed by atoms with Gasteiger partial charge in [0.05, 0.1) is 24.6 Å². The maximum absolute atomic E-state index is 2.51. The molecule has 0 aliphatic carbocycles. The van der Waals surface area contributed by atoms with Crippen molar-refractivity contribution in [1.29, 1.82) is 0 Å². The molecule has 0 nitrogen and oxygen atoms in total. The van der Waals surface area contributed by atoms with Crippen molar-refractivity contribution in [3.05, 3.63) is 0 Å². The van der Waals surface area contributed by atoms with Crippen molar-refractivity contribution in [2.75, 3.05) is 24.6 Å². The zero-order chi connectivity index (χ0) is 16.5. The normalized spacial score (nSPS) is 14.2. The highest BCUT2D eigenvalue weighted by Crippen LogP contribution is 2.60. The van der Waals surface area contributed by atoms with Gasteiger partial charge in [-0.25, -0.2) is 0 Å². The first kappa shape index (κ1) is 22.4. The molecule has 0 spiro atoms. The fourth-order valence-electron chi connectivity index (χ4n) is 3.58. The van der Waals surface area contributed by atoms with Gasteiger partial charge in [0.15, 0.2) is 0 Å². The van der Waals surface area contributed by atoms with Gasteiger partial charge in [-0.2, -0.15) is 0 Å². The second-order valence-electron chi connectivity index (χ2n) is 7.36. The van der Waals surface area contributed by atoms with Gasteiger partial charge in [-0.3, -0.25) is 0 Å². The van der Waals surface area contributed by atoms with E-state index in [1.54, 1.807) is 18.5 Å². The van der Waals surface area contributed by atoms with Crippen molar-refractivity contribution in [2.24, 2.45) is 0 Å². The highest BCUT2D eigenvalue weighted by Gasteiger charge is 2.33. The molecule has 0 aliphatic rings. The van der Waals surface area contributed by atoms with Crippen LogP contribution in [0.15, 0.2) is 0 Å². The van der Waals surface area contributed by atoms with Crippen LogP contribution in [-0.4, -0.2) is 24.6 Å². The van der Waals surface area contributed by atoms with Crippen LogP contribution in [0.1, 0.15) is 111 Å². The Hall–Kier alpha value is 0.430. The Labute approximate surface area is 143 Å². The van der Waals surface area contributed by atoms with Crippen LogP contribution in [0, 0.1) is 0 Å². The summed E-state index contributed by atoms with van der Waals surface area (Å²) >= 11 is 0. The van der Waals surface area contributed by atoms with Crippen molar-refractivity contribution in [3.63, 3.8) is 0 Å². The van der Waals surface area contributed by atoms with Crippen LogP contribution in [0.2, 0.25) is 0 Å². The maximum atomic E-state index is 2.51. The van der Waals surface area contributed by atoms with Crippen LogP contribution in [0.25, 0.3) is 0 Å². The molecule has 22 heavy (non-hydrogen) atoms. The molecule has 0 saturated heterocycles. The number of unbranched alkanes of at least 4 members (excludes halogenated alkanes) is 10. The molecule has 0 rings (SSSR count). The lowest BCUT2D eigenvalue weighted by molar-refractivity contribution is 0.624. The van der Waals surface area contributed by atoms with E-state index in [4.69, 9.17) is 0 Å². The van der Waals surface area contributed by atoms with Gasteiger partial charge in [-0.1, -0.05) is 72.1 Å². The minimum absolute atomic E-state index is 0.598. The van der Waals surface area contributed by atoms with Crippen LogP contribution >= 0.6 is 7.26 Å². The molecule has 1 unspecified atom stereocenters. The quantitative estimate of drug-likeness (QED) is 0.186. The fourth-order valence-corrected chi connectivity index (χ4v) is 7.98. The zero-order valence-electron chi connectivity index (χ0n) is 16.5. The molecule has 134 valence electrons. The lowest BCUT2D eigenvalue weighted by atomic mass is 10.1. The predicted molar refractivity (Wildman–Crippen MR) is 109 cm³/mol. The zero-order valence-corrected chi connectivity index (χ0v) is 17.4. The summed E-state index contributed by atoms with van der Waals surface area (Å²) in [5, 5.41) is 0. The molecule has 0 aromatic carbocycles. The first-order valence-corrected chi connectivity index (χ1v) is 13.1. The van der Waals surface area contributed by atoms with E-state index in [2.05, 4.69) is 27.7 Å². The molecule has 0 saturated carbocycles. The Kier molecular flexibility index (Phi) is 16.6. The molecule has 0 N–H and O–H groups in total. The van der Waals surface area contributed by atoms with Crippen LogP contribution in [0.5, 0.6) is 0 Å². The van der Waals surface area contributed by atoms with E-state index >= 15 is 0 Å². The van der Waals surface area contributed by atoms with E-state index in [0.717, 1.165) is 0 Å². The SMILES string of the molecule is CCCCCCCC[P+](CC)(CCCC)CCCCCCC. The summed E-state index contributed by atoms with van der Waals surface area (Å²) in [6, 6.07) is 0. The molecular formula is C21H46P+. The second kappa shape index (κ2) is 16.3. The van der Waals surface area contributed by atoms with Crippen molar-refractivity contribution in [3.8, 4) is 0 Å². The maximum Gasteiger partial charge on any atom is 0.0594 e. The van der Waals surface area contributed by atoms with Crippen LogP contribution in [-0.2, 0) is 0 Å². The topological polar surface area (TPSA) is 0 Å². The first-order chi connectivity index (χ1) is 10.7. The van der Waals surface area contributed by atoms with E-state index in [1.165, 1.54) is 89.6 Å². The molecule has 1 heteroatoms. The van der Waals surface area contributed by atoms with Crippen LogP contribution in [0.3, 0.4) is 0 Å². The fraction of sp³-hybridized carbons (Fsp3) is 1.00. The molecule has 0 radical (unpaired) electrons. The van der Waals surface area contributed by atoms with Gasteiger partial charge >= 0.3 is 0 Å². The van der Waals surface area contributed by atoms with Gasteiger partial charge in [0.25, 0.3) is 0 Å². The Morgan fingerprint density at radius 3 is 1.18 bits per heavy atom. The highest BCUT2D eigenvalue weighted by atomic mass is 31.2. The number of hydrogen-bond acceptors (Lipinski definition) is 0. The molecule has 1 atom stereocenters. The Morgan fingerprint density at radius 1 is 0.409 bits per heavy atom. The van der Waals surface area contributed by atoms with Gasteiger partial charge in [0.2, 0.25) is 0 Å². The summed E-state index contributed by atoms with van der Waals surface area (Å²) in [6.07, 6.45) is 25.4. The molecule has 0 heterocycles. The smallest absolute Gasteiger partial charge is 0.0594 e. The second-order valence-corrected chi connectivity index (χ2v) is 12.0. The third-order valence-corrected chi connectivity index (χ3v) is 10.5. The standard InChI is InChI=1S/C21H46P/c1-5-9-12-14-16-18-21-22(8-4,19-11-7-3)20-17-15-13-10-6-2/h5-21H2,1-4H3/q+1. The minimum atomic E-state index is -0.598. The summed E-state index contributed by atoms with van der Waals surface area (Å²) in [5.41, 5.74) is 0. The molecule has 0 amide bonds. The van der Waals surface area contributed by atoms with Gasteiger partial charge in [-0.15, -0.1) is 0 Å². The van der Waals surface area contributed by atoms with Crippen molar-refractivity contribution in [2.45, 2.75) is 111 Å².